The average molecular weight is 237 g/mol. The van der Waals surface area contributed by atoms with E-state index >= 15 is 0 Å². The summed E-state index contributed by atoms with van der Waals surface area (Å²) in [7, 11) is 1.56. The van der Waals surface area contributed by atoms with Gasteiger partial charge in [0.05, 0.1) is 4.90 Å². The van der Waals surface area contributed by atoms with Crippen LogP contribution in [-0.2, 0) is 9.05 Å². The molecule has 0 amide bonds. The summed E-state index contributed by atoms with van der Waals surface area (Å²) >= 11 is 4.07. The summed E-state index contributed by atoms with van der Waals surface area (Å²) in [6.45, 7) is 3.57. The zero-order chi connectivity index (χ0) is 10.2. The SMILES string of the molecule is Cc1cc(C)c(S(=O)(=O)Cl)c(S)c1. The van der Waals surface area contributed by atoms with Crippen LogP contribution in [0, 0.1) is 13.8 Å². The van der Waals surface area contributed by atoms with Crippen molar-refractivity contribution in [2.45, 2.75) is 23.6 Å². The third-order valence-corrected chi connectivity index (χ3v) is 3.64. The number of aryl methyl sites for hydroxylation is 2. The van der Waals surface area contributed by atoms with Crippen LogP contribution in [0.4, 0.5) is 0 Å². The van der Waals surface area contributed by atoms with E-state index in [-0.39, 0.29) is 4.90 Å². The van der Waals surface area contributed by atoms with Gasteiger partial charge in [-0.05, 0) is 31.0 Å². The highest BCUT2D eigenvalue weighted by atomic mass is 35.7. The Kier molecular flexibility index (Phi) is 2.95. The van der Waals surface area contributed by atoms with E-state index in [0.717, 1.165) is 5.56 Å². The van der Waals surface area contributed by atoms with Crippen LogP contribution in [0.25, 0.3) is 0 Å². The summed E-state index contributed by atoms with van der Waals surface area (Å²) in [5.41, 5.74) is 1.59. The zero-order valence-electron chi connectivity index (χ0n) is 7.20. The van der Waals surface area contributed by atoms with Crippen molar-refractivity contribution < 1.29 is 8.42 Å². The van der Waals surface area contributed by atoms with Crippen LogP contribution < -0.4 is 0 Å². The molecule has 0 unspecified atom stereocenters. The fourth-order valence-electron chi connectivity index (χ4n) is 1.25. The Bertz CT molecular complexity index is 414. The second kappa shape index (κ2) is 3.52. The highest BCUT2D eigenvalue weighted by Crippen LogP contribution is 2.27. The first-order valence-electron chi connectivity index (χ1n) is 3.57. The van der Waals surface area contributed by atoms with Gasteiger partial charge in [-0.25, -0.2) is 8.42 Å². The maximum atomic E-state index is 11.1. The molecule has 0 fully saturated rings. The Morgan fingerprint density at radius 2 is 1.85 bits per heavy atom. The van der Waals surface area contributed by atoms with Crippen molar-refractivity contribution in [2.24, 2.45) is 0 Å². The molecule has 0 aliphatic carbocycles. The van der Waals surface area contributed by atoms with Crippen molar-refractivity contribution in [2.75, 3.05) is 0 Å². The first-order valence-corrected chi connectivity index (χ1v) is 6.33. The van der Waals surface area contributed by atoms with E-state index in [9.17, 15) is 8.42 Å². The molecule has 0 heterocycles. The number of halogens is 1. The molecular formula is C8H9ClO2S2. The second-order valence-electron chi connectivity index (χ2n) is 2.87. The third-order valence-electron chi connectivity index (χ3n) is 1.64. The van der Waals surface area contributed by atoms with Crippen molar-refractivity contribution in [1.29, 1.82) is 0 Å². The minimum absolute atomic E-state index is 0.100. The molecule has 0 aromatic heterocycles. The van der Waals surface area contributed by atoms with E-state index in [0.29, 0.717) is 10.5 Å². The van der Waals surface area contributed by atoms with Crippen LogP contribution in [0.5, 0.6) is 0 Å². The lowest BCUT2D eigenvalue weighted by Gasteiger charge is -2.06. The monoisotopic (exact) mass is 236 g/mol. The lowest BCUT2D eigenvalue weighted by atomic mass is 10.2. The molecule has 0 saturated heterocycles. The molecule has 0 saturated carbocycles. The van der Waals surface area contributed by atoms with Gasteiger partial charge < -0.3 is 0 Å². The first-order chi connectivity index (χ1) is 5.82. The Morgan fingerprint density at radius 3 is 2.23 bits per heavy atom. The first kappa shape index (κ1) is 10.9. The van der Waals surface area contributed by atoms with Crippen LogP contribution >= 0.6 is 23.3 Å². The zero-order valence-corrected chi connectivity index (χ0v) is 9.67. The van der Waals surface area contributed by atoms with Crippen molar-refractivity contribution >= 4 is 32.4 Å². The Balaban J connectivity index is 3.57. The largest absolute Gasteiger partial charge is 0.262 e. The number of rotatable bonds is 1. The van der Waals surface area contributed by atoms with Gasteiger partial charge in [-0.1, -0.05) is 6.07 Å². The minimum Gasteiger partial charge on any atom is -0.207 e. The highest BCUT2D eigenvalue weighted by Gasteiger charge is 2.16. The average Bonchev–Trinajstić information content (AvgIpc) is 1.78. The molecule has 0 aliphatic rings. The van der Waals surface area contributed by atoms with Gasteiger partial charge in [0.15, 0.2) is 0 Å². The van der Waals surface area contributed by atoms with Crippen molar-refractivity contribution in [3.05, 3.63) is 23.3 Å². The number of hydrogen-bond acceptors (Lipinski definition) is 3. The van der Waals surface area contributed by atoms with E-state index in [1.807, 2.05) is 6.92 Å². The summed E-state index contributed by atoms with van der Waals surface area (Å²) < 4.78 is 22.2. The summed E-state index contributed by atoms with van der Waals surface area (Å²) in [5.74, 6) is 0. The van der Waals surface area contributed by atoms with Gasteiger partial charge in [0.1, 0.15) is 0 Å². The van der Waals surface area contributed by atoms with Crippen molar-refractivity contribution in [3.8, 4) is 0 Å². The number of benzene rings is 1. The standard InChI is InChI=1S/C8H9ClO2S2/c1-5-3-6(2)8(7(12)4-5)13(9,10)11/h3-4,12H,1-2H3. The Hall–Kier alpha value is -0.190. The smallest absolute Gasteiger partial charge is 0.207 e. The van der Waals surface area contributed by atoms with Crippen LogP contribution in [0.1, 0.15) is 11.1 Å². The topological polar surface area (TPSA) is 34.1 Å². The van der Waals surface area contributed by atoms with Crippen LogP contribution in [0.15, 0.2) is 21.9 Å². The highest BCUT2D eigenvalue weighted by molar-refractivity contribution is 8.14. The molecule has 1 rings (SSSR count). The molecular weight excluding hydrogens is 228 g/mol. The molecule has 5 heteroatoms. The molecule has 1 aromatic rings. The van der Waals surface area contributed by atoms with Gasteiger partial charge in [-0.15, -0.1) is 12.6 Å². The normalized spacial score (nSPS) is 11.7. The van der Waals surface area contributed by atoms with Gasteiger partial charge >= 0.3 is 0 Å². The second-order valence-corrected chi connectivity index (χ2v) is 5.85. The van der Waals surface area contributed by atoms with Crippen LogP contribution in [0.3, 0.4) is 0 Å². The van der Waals surface area contributed by atoms with Gasteiger partial charge in [-0.3, -0.25) is 0 Å². The predicted molar refractivity (Wildman–Crippen MR) is 56.2 cm³/mol. The third kappa shape index (κ3) is 2.39. The molecule has 72 valence electrons. The minimum atomic E-state index is -3.69. The summed E-state index contributed by atoms with van der Waals surface area (Å²) in [5, 5.41) is 0. The van der Waals surface area contributed by atoms with Crippen molar-refractivity contribution in [3.63, 3.8) is 0 Å². The molecule has 1 aromatic carbocycles. The van der Waals surface area contributed by atoms with E-state index < -0.39 is 9.05 Å². The Labute approximate surface area is 87.7 Å². The van der Waals surface area contributed by atoms with Crippen LogP contribution in [-0.4, -0.2) is 8.42 Å². The molecule has 2 nitrogen and oxygen atoms in total. The lowest BCUT2D eigenvalue weighted by Crippen LogP contribution is -1.97. The van der Waals surface area contributed by atoms with E-state index in [2.05, 4.69) is 12.6 Å². The lowest BCUT2D eigenvalue weighted by molar-refractivity contribution is 0.607. The molecule has 0 atom stereocenters. The fraction of sp³-hybridized carbons (Fsp3) is 0.250. The van der Waals surface area contributed by atoms with E-state index in [1.165, 1.54) is 0 Å². The van der Waals surface area contributed by atoms with E-state index in [1.54, 1.807) is 19.1 Å². The quantitative estimate of drug-likeness (QED) is 0.601. The number of thiol groups is 1. The summed E-state index contributed by atoms with van der Waals surface area (Å²) in [6.07, 6.45) is 0. The molecule has 0 bridgehead atoms. The fourth-order valence-corrected chi connectivity index (χ4v) is 3.52. The molecule has 0 spiro atoms. The molecule has 0 N–H and O–H groups in total. The molecule has 0 radical (unpaired) electrons. The van der Waals surface area contributed by atoms with E-state index in [4.69, 9.17) is 10.7 Å². The van der Waals surface area contributed by atoms with Crippen molar-refractivity contribution in [1.82, 2.24) is 0 Å². The Morgan fingerprint density at radius 1 is 1.31 bits per heavy atom. The maximum absolute atomic E-state index is 11.1. The molecule has 13 heavy (non-hydrogen) atoms. The summed E-state index contributed by atoms with van der Waals surface area (Å²) in [4.78, 5) is 0.496. The summed E-state index contributed by atoms with van der Waals surface area (Å²) in [6, 6.07) is 3.43. The predicted octanol–water partition coefficient (Wildman–Crippen LogP) is 2.52. The molecule has 0 aliphatic heterocycles. The van der Waals surface area contributed by atoms with Gasteiger partial charge in [-0.2, -0.15) is 0 Å². The number of hydrogen-bond donors (Lipinski definition) is 1. The van der Waals surface area contributed by atoms with Crippen LogP contribution in [0.2, 0.25) is 0 Å². The van der Waals surface area contributed by atoms with Gasteiger partial charge in [0.25, 0.3) is 9.05 Å². The van der Waals surface area contributed by atoms with Gasteiger partial charge in [0, 0.05) is 15.6 Å². The van der Waals surface area contributed by atoms with Gasteiger partial charge in [0.2, 0.25) is 0 Å². The maximum Gasteiger partial charge on any atom is 0.262 e.